The summed E-state index contributed by atoms with van der Waals surface area (Å²) in [6.45, 7) is 5.26. The lowest BCUT2D eigenvalue weighted by Gasteiger charge is -2.19. The molecule has 1 aliphatic carbocycles. The molecule has 0 unspecified atom stereocenters. The highest BCUT2D eigenvalue weighted by Gasteiger charge is 2.22. The van der Waals surface area contributed by atoms with Crippen LogP contribution in [0.1, 0.15) is 60.3 Å². The molecule has 3 nitrogen and oxygen atoms in total. The second kappa shape index (κ2) is 4.47. The van der Waals surface area contributed by atoms with Gasteiger partial charge in [-0.25, -0.2) is 0 Å². The van der Waals surface area contributed by atoms with Gasteiger partial charge in [0.05, 0.1) is 5.56 Å². The smallest absolute Gasteiger partial charge is 0.262 e. The summed E-state index contributed by atoms with van der Waals surface area (Å²) in [5.74, 6) is -0.126. The number of nitrogens with zero attached hydrogens (tertiary/aromatic N) is 1. The van der Waals surface area contributed by atoms with Crippen molar-refractivity contribution in [1.29, 1.82) is 0 Å². The van der Waals surface area contributed by atoms with Crippen LogP contribution in [0.2, 0.25) is 0 Å². The highest BCUT2D eigenvalue weighted by Crippen LogP contribution is 2.29. The standard InChI is InChI=1S/C14H19NO2/c1-9-8-10(2)15(12-6-4-5-7-12)14(17)13(9)11(3)16/h8,12H,4-7H2,1-3H3. The van der Waals surface area contributed by atoms with E-state index in [0.717, 1.165) is 24.1 Å². The van der Waals surface area contributed by atoms with E-state index in [0.29, 0.717) is 11.6 Å². The third kappa shape index (κ3) is 2.06. The van der Waals surface area contributed by atoms with E-state index in [1.807, 2.05) is 24.5 Å². The normalized spacial score (nSPS) is 16.4. The first-order chi connectivity index (χ1) is 8.02. The van der Waals surface area contributed by atoms with Crippen LogP contribution in [-0.2, 0) is 0 Å². The van der Waals surface area contributed by atoms with E-state index in [4.69, 9.17) is 0 Å². The lowest BCUT2D eigenvalue weighted by Crippen LogP contribution is -2.30. The van der Waals surface area contributed by atoms with Gasteiger partial charge < -0.3 is 4.57 Å². The lowest BCUT2D eigenvalue weighted by molar-refractivity contribution is 0.101. The minimum absolute atomic E-state index is 0.0955. The quantitative estimate of drug-likeness (QED) is 0.737. The van der Waals surface area contributed by atoms with Crippen LogP contribution in [0.4, 0.5) is 0 Å². The number of hydrogen-bond donors (Lipinski definition) is 0. The molecule has 1 aliphatic rings. The second-order valence-electron chi connectivity index (χ2n) is 5.01. The van der Waals surface area contributed by atoms with Gasteiger partial charge in [0.25, 0.3) is 5.56 Å². The Balaban J connectivity index is 2.62. The maximum Gasteiger partial charge on any atom is 0.262 e. The van der Waals surface area contributed by atoms with E-state index in [1.54, 1.807) is 0 Å². The zero-order valence-corrected chi connectivity index (χ0v) is 10.7. The molecule has 3 heteroatoms. The molecule has 0 aromatic carbocycles. The van der Waals surface area contributed by atoms with Gasteiger partial charge in [-0.05, 0) is 45.2 Å². The molecule has 1 aromatic heterocycles. The first-order valence-electron chi connectivity index (χ1n) is 6.26. The highest BCUT2D eigenvalue weighted by molar-refractivity contribution is 5.95. The molecule has 0 saturated heterocycles. The van der Waals surface area contributed by atoms with Crippen LogP contribution in [0.15, 0.2) is 10.9 Å². The van der Waals surface area contributed by atoms with E-state index >= 15 is 0 Å². The Morgan fingerprint density at radius 1 is 1.29 bits per heavy atom. The lowest BCUT2D eigenvalue weighted by atomic mass is 10.1. The van der Waals surface area contributed by atoms with Crippen molar-refractivity contribution in [1.82, 2.24) is 4.57 Å². The van der Waals surface area contributed by atoms with Crippen LogP contribution in [0.3, 0.4) is 0 Å². The molecule has 2 rings (SSSR count). The van der Waals surface area contributed by atoms with Crippen molar-refractivity contribution < 1.29 is 4.79 Å². The monoisotopic (exact) mass is 233 g/mol. The van der Waals surface area contributed by atoms with Crippen LogP contribution in [0.25, 0.3) is 0 Å². The van der Waals surface area contributed by atoms with E-state index in [-0.39, 0.29) is 11.3 Å². The summed E-state index contributed by atoms with van der Waals surface area (Å²) < 4.78 is 1.83. The van der Waals surface area contributed by atoms with Crippen LogP contribution in [-0.4, -0.2) is 10.4 Å². The van der Waals surface area contributed by atoms with E-state index in [2.05, 4.69) is 0 Å². The number of Topliss-reactive ketones (excluding diaryl/α,β-unsaturated/α-hetero) is 1. The molecule has 1 fully saturated rings. The van der Waals surface area contributed by atoms with Crippen LogP contribution in [0, 0.1) is 13.8 Å². The van der Waals surface area contributed by atoms with Gasteiger partial charge in [-0.15, -0.1) is 0 Å². The minimum Gasteiger partial charge on any atom is -0.309 e. The Bertz CT molecular complexity index is 508. The molecule has 0 aliphatic heterocycles. The van der Waals surface area contributed by atoms with Crippen molar-refractivity contribution in [3.8, 4) is 0 Å². The van der Waals surface area contributed by atoms with Gasteiger partial charge in [-0.3, -0.25) is 9.59 Å². The maximum atomic E-state index is 12.4. The van der Waals surface area contributed by atoms with Crippen molar-refractivity contribution in [2.24, 2.45) is 0 Å². The summed E-state index contributed by atoms with van der Waals surface area (Å²) in [7, 11) is 0. The average Bonchev–Trinajstić information content (AvgIpc) is 2.69. The SMILES string of the molecule is CC(=O)c1c(C)cc(C)n(C2CCCC2)c1=O. The number of hydrogen-bond acceptors (Lipinski definition) is 2. The fourth-order valence-corrected chi connectivity index (χ4v) is 2.95. The predicted molar refractivity (Wildman–Crippen MR) is 67.7 cm³/mol. The number of aromatic nitrogens is 1. The van der Waals surface area contributed by atoms with Crippen LogP contribution in [0.5, 0.6) is 0 Å². The van der Waals surface area contributed by atoms with Crippen LogP contribution >= 0.6 is 0 Å². The third-order valence-corrected chi connectivity index (χ3v) is 3.67. The molecule has 92 valence electrons. The number of carbonyl (C=O) groups is 1. The molecular weight excluding hydrogens is 214 g/mol. The Morgan fingerprint density at radius 3 is 2.41 bits per heavy atom. The van der Waals surface area contributed by atoms with Gasteiger partial charge in [-0.1, -0.05) is 12.8 Å². The number of pyridine rings is 1. The molecule has 0 radical (unpaired) electrons. The van der Waals surface area contributed by atoms with Gasteiger partial charge in [0.1, 0.15) is 0 Å². The van der Waals surface area contributed by atoms with Crippen molar-refractivity contribution in [2.75, 3.05) is 0 Å². The summed E-state index contributed by atoms with van der Waals surface area (Å²) in [5.41, 5.74) is 2.04. The van der Waals surface area contributed by atoms with Gasteiger partial charge in [0, 0.05) is 11.7 Å². The zero-order chi connectivity index (χ0) is 12.6. The second-order valence-corrected chi connectivity index (χ2v) is 5.01. The third-order valence-electron chi connectivity index (χ3n) is 3.67. The van der Waals surface area contributed by atoms with Crippen molar-refractivity contribution >= 4 is 5.78 Å². The number of carbonyl (C=O) groups excluding carboxylic acids is 1. The Kier molecular flexibility index (Phi) is 3.18. The van der Waals surface area contributed by atoms with E-state index in [1.165, 1.54) is 19.8 Å². The molecule has 17 heavy (non-hydrogen) atoms. The minimum atomic E-state index is -0.126. The molecule has 0 spiro atoms. The summed E-state index contributed by atoms with van der Waals surface area (Å²) >= 11 is 0. The average molecular weight is 233 g/mol. The summed E-state index contributed by atoms with van der Waals surface area (Å²) in [5, 5.41) is 0. The molecule has 1 saturated carbocycles. The van der Waals surface area contributed by atoms with E-state index in [9.17, 15) is 9.59 Å². The molecule has 0 N–H and O–H groups in total. The predicted octanol–water partition coefficient (Wildman–Crippen LogP) is 2.78. The zero-order valence-electron chi connectivity index (χ0n) is 10.7. The van der Waals surface area contributed by atoms with Gasteiger partial charge >= 0.3 is 0 Å². The van der Waals surface area contributed by atoms with Gasteiger partial charge in [0.15, 0.2) is 5.78 Å². The van der Waals surface area contributed by atoms with Crippen LogP contribution < -0.4 is 5.56 Å². The first kappa shape index (κ1) is 12.1. The maximum absolute atomic E-state index is 12.4. The topological polar surface area (TPSA) is 39.1 Å². The highest BCUT2D eigenvalue weighted by atomic mass is 16.1. The van der Waals surface area contributed by atoms with Crippen molar-refractivity contribution in [3.05, 3.63) is 33.2 Å². The largest absolute Gasteiger partial charge is 0.309 e. The van der Waals surface area contributed by atoms with Crippen molar-refractivity contribution in [3.63, 3.8) is 0 Å². The Labute approximate surface area is 101 Å². The number of rotatable bonds is 2. The number of aryl methyl sites for hydroxylation is 2. The molecule has 0 atom stereocenters. The van der Waals surface area contributed by atoms with E-state index < -0.39 is 0 Å². The molecule has 1 aromatic rings. The molecule has 0 amide bonds. The fourth-order valence-electron chi connectivity index (χ4n) is 2.95. The Morgan fingerprint density at radius 2 is 1.88 bits per heavy atom. The molecule has 0 bridgehead atoms. The number of ketones is 1. The fraction of sp³-hybridized carbons (Fsp3) is 0.571. The van der Waals surface area contributed by atoms with Gasteiger partial charge in [0.2, 0.25) is 0 Å². The summed E-state index contributed by atoms with van der Waals surface area (Å²) in [6, 6.07) is 2.25. The Hall–Kier alpha value is -1.38. The summed E-state index contributed by atoms with van der Waals surface area (Å²) in [6.07, 6.45) is 4.47. The summed E-state index contributed by atoms with van der Waals surface area (Å²) in [4.78, 5) is 23.9. The first-order valence-corrected chi connectivity index (χ1v) is 6.26. The van der Waals surface area contributed by atoms with Gasteiger partial charge in [-0.2, -0.15) is 0 Å². The van der Waals surface area contributed by atoms with Crippen molar-refractivity contribution in [2.45, 2.75) is 52.5 Å². The molecular formula is C14H19NO2. The molecule has 1 heterocycles.